The van der Waals surface area contributed by atoms with Gasteiger partial charge in [0.2, 0.25) is 12.0 Å². The Hall–Kier alpha value is -2.16. The number of carbonyl (C=O) groups excluding carboxylic acids is 1. The SMILES string of the molecule is CS(=O)(=O)CCCC(=O)NCC(Oc1ccc(F)cc1)C(=O)O. The van der Waals surface area contributed by atoms with Crippen LogP contribution in [0.2, 0.25) is 0 Å². The van der Waals surface area contributed by atoms with E-state index in [1.807, 2.05) is 0 Å². The van der Waals surface area contributed by atoms with Crippen molar-refractivity contribution in [2.24, 2.45) is 0 Å². The van der Waals surface area contributed by atoms with Gasteiger partial charge in [0.05, 0.1) is 12.3 Å². The highest BCUT2D eigenvalue weighted by Gasteiger charge is 2.20. The molecule has 1 amide bonds. The lowest BCUT2D eigenvalue weighted by molar-refractivity contribution is -0.145. The Kier molecular flexibility index (Phi) is 6.95. The number of amides is 1. The molecule has 0 bridgehead atoms. The molecule has 0 aliphatic carbocycles. The number of sulfone groups is 1. The number of carboxylic acids is 1. The van der Waals surface area contributed by atoms with Crippen LogP contribution in [0.4, 0.5) is 4.39 Å². The van der Waals surface area contributed by atoms with Crippen LogP contribution < -0.4 is 10.1 Å². The van der Waals surface area contributed by atoms with Crippen molar-refractivity contribution in [1.29, 1.82) is 0 Å². The van der Waals surface area contributed by atoms with Crippen LogP contribution >= 0.6 is 0 Å². The number of hydrogen-bond donors (Lipinski definition) is 2. The highest BCUT2D eigenvalue weighted by molar-refractivity contribution is 7.90. The Morgan fingerprint density at radius 1 is 1.30 bits per heavy atom. The predicted molar refractivity (Wildman–Crippen MR) is 80.4 cm³/mol. The van der Waals surface area contributed by atoms with Gasteiger partial charge in [0.1, 0.15) is 21.4 Å². The fourth-order valence-corrected chi connectivity index (χ4v) is 2.32. The molecule has 0 aliphatic rings. The van der Waals surface area contributed by atoms with Gasteiger partial charge in [-0.3, -0.25) is 4.79 Å². The molecule has 1 aromatic rings. The van der Waals surface area contributed by atoms with E-state index in [2.05, 4.69) is 5.32 Å². The lowest BCUT2D eigenvalue weighted by atomic mass is 10.3. The molecule has 0 aromatic heterocycles. The first-order chi connectivity index (χ1) is 10.7. The summed E-state index contributed by atoms with van der Waals surface area (Å²) < 4.78 is 39.8. The predicted octanol–water partition coefficient (Wildman–Crippen LogP) is 0.599. The van der Waals surface area contributed by atoms with Crippen LogP contribution in [0.3, 0.4) is 0 Å². The molecular formula is C14H18FNO6S. The number of hydrogen-bond acceptors (Lipinski definition) is 5. The minimum Gasteiger partial charge on any atom is -0.478 e. The van der Waals surface area contributed by atoms with Crippen LogP contribution in [0.5, 0.6) is 5.75 Å². The molecule has 9 heteroatoms. The Labute approximate surface area is 133 Å². The van der Waals surface area contributed by atoms with E-state index in [1.165, 1.54) is 12.1 Å². The number of halogens is 1. The average molecular weight is 347 g/mol. The summed E-state index contributed by atoms with van der Waals surface area (Å²) in [5, 5.41) is 11.4. The number of benzene rings is 1. The van der Waals surface area contributed by atoms with Crippen molar-refractivity contribution in [2.45, 2.75) is 18.9 Å². The van der Waals surface area contributed by atoms with Gasteiger partial charge in [0, 0.05) is 12.7 Å². The summed E-state index contributed by atoms with van der Waals surface area (Å²) in [5.74, 6) is -2.20. The molecule has 0 heterocycles. The minimum absolute atomic E-state index is 0.0318. The van der Waals surface area contributed by atoms with E-state index in [9.17, 15) is 22.4 Å². The number of ether oxygens (including phenoxy) is 1. The monoisotopic (exact) mass is 347 g/mol. The molecule has 0 saturated carbocycles. The highest BCUT2D eigenvalue weighted by Crippen LogP contribution is 2.13. The van der Waals surface area contributed by atoms with E-state index in [4.69, 9.17) is 9.84 Å². The summed E-state index contributed by atoms with van der Waals surface area (Å²) >= 11 is 0. The van der Waals surface area contributed by atoms with Gasteiger partial charge in [-0.1, -0.05) is 0 Å². The number of carboxylic acid groups (broad SMARTS) is 1. The molecule has 1 atom stereocenters. The van der Waals surface area contributed by atoms with Gasteiger partial charge in [-0.2, -0.15) is 0 Å². The smallest absolute Gasteiger partial charge is 0.346 e. The first kappa shape index (κ1) is 18.9. The molecule has 7 nitrogen and oxygen atoms in total. The molecule has 1 rings (SSSR count). The number of aliphatic carboxylic acids is 1. The van der Waals surface area contributed by atoms with Crippen LogP contribution in [0, 0.1) is 5.82 Å². The summed E-state index contributed by atoms with van der Waals surface area (Å²) in [6.45, 7) is -0.287. The molecular weight excluding hydrogens is 329 g/mol. The quantitative estimate of drug-likeness (QED) is 0.677. The molecule has 23 heavy (non-hydrogen) atoms. The normalized spacial score (nSPS) is 12.4. The van der Waals surface area contributed by atoms with Gasteiger partial charge in [0.15, 0.2) is 0 Å². The average Bonchev–Trinajstić information content (AvgIpc) is 2.43. The summed E-state index contributed by atoms with van der Waals surface area (Å²) in [4.78, 5) is 22.6. The zero-order chi connectivity index (χ0) is 17.5. The van der Waals surface area contributed by atoms with Crippen molar-refractivity contribution in [2.75, 3.05) is 18.6 Å². The first-order valence-electron chi connectivity index (χ1n) is 6.77. The van der Waals surface area contributed by atoms with Gasteiger partial charge in [0.25, 0.3) is 0 Å². The molecule has 2 N–H and O–H groups in total. The molecule has 0 aliphatic heterocycles. The maximum Gasteiger partial charge on any atom is 0.346 e. The standard InChI is InChI=1S/C14H18FNO6S/c1-23(20,21)8-2-3-13(17)16-9-12(14(18)19)22-11-6-4-10(15)5-7-11/h4-7,12H,2-3,8-9H2,1H3,(H,16,17)(H,18,19). The lowest BCUT2D eigenvalue weighted by Crippen LogP contribution is -2.40. The Balaban J connectivity index is 2.45. The van der Waals surface area contributed by atoms with Gasteiger partial charge in [-0.05, 0) is 30.7 Å². The summed E-state index contributed by atoms with van der Waals surface area (Å²) in [7, 11) is -3.14. The zero-order valence-corrected chi connectivity index (χ0v) is 13.3. The number of carbonyl (C=O) groups is 2. The number of rotatable bonds is 9. The molecule has 1 unspecified atom stereocenters. The fourth-order valence-electron chi connectivity index (χ4n) is 1.65. The van der Waals surface area contributed by atoms with Crippen LogP contribution in [-0.2, 0) is 19.4 Å². The Bertz CT molecular complexity index is 644. The van der Waals surface area contributed by atoms with E-state index in [1.54, 1.807) is 0 Å². The summed E-state index contributed by atoms with van der Waals surface area (Å²) in [6, 6.07) is 4.80. The minimum atomic E-state index is -3.14. The van der Waals surface area contributed by atoms with Crippen LogP contribution in [-0.4, -0.2) is 50.1 Å². The fraction of sp³-hybridized carbons (Fsp3) is 0.429. The highest BCUT2D eigenvalue weighted by atomic mass is 32.2. The lowest BCUT2D eigenvalue weighted by Gasteiger charge is -2.15. The van der Waals surface area contributed by atoms with Crippen molar-refractivity contribution in [3.63, 3.8) is 0 Å². The van der Waals surface area contributed by atoms with E-state index in [-0.39, 0.29) is 30.9 Å². The Morgan fingerprint density at radius 3 is 2.43 bits per heavy atom. The van der Waals surface area contributed by atoms with Crippen molar-refractivity contribution in [1.82, 2.24) is 5.32 Å². The topological polar surface area (TPSA) is 110 Å². The second-order valence-corrected chi connectivity index (χ2v) is 7.20. The number of nitrogens with one attached hydrogen (secondary N) is 1. The maximum absolute atomic E-state index is 12.8. The van der Waals surface area contributed by atoms with Crippen molar-refractivity contribution in [3.05, 3.63) is 30.1 Å². The van der Waals surface area contributed by atoms with Crippen molar-refractivity contribution >= 4 is 21.7 Å². The molecule has 128 valence electrons. The molecule has 1 aromatic carbocycles. The third kappa shape index (κ3) is 8.15. The van der Waals surface area contributed by atoms with E-state index < -0.39 is 33.6 Å². The molecule has 0 fully saturated rings. The Morgan fingerprint density at radius 2 is 1.91 bits per heavy atom. The second-order valence-electron chi connectivity index (χ2n) is 4.94. The second kappa shape index (κ2) is 8.47. The molecule has 0 radical (unpaired) electrons. The van der Waals surface area contributed by atoms with Crippen LogP contribution in [0.1, 0.15) is 12.8 Å². The van der Waals surface area contributed by atoms with Gasteiger partial charge in [-0.15, -0.1) is 0 Å². The van der Waals surface area contributed by atoms with Gasteiger partial charge in [-0.25, -0.2) is 17.6 Å². The zero-order valence-electron chi connectivity index (χ0n) is 12.5. The van der Waals surface area contributed by atoms with Crippen molar-refractivity contribution < 1.29 is 32.2 Å². The van der Waals surface area contributed by atoms with Gasteiger partial charge < -0.3 is 15.2 Å². The summed E-state index contributed by atoms with van der Waals surface area (Å²) in [5.41, 5.74) is 0. The van der Waals surface area contributed by atoms with E-state index in [0.29, 0.717) is 0 Å². The van der Waals surface area contributed by atoms with Crippen LogP contribution in [0.15, 0.2) is 24.3 Å². The van der Waals surface area contributed by atoms with Gasteiger partial charge >= 0.3 is 5.97 Å². The van der Waals surface area contributed by atoms with Crippen LogP contribution in [0.25, 0.3) is 0 Å². The third-order valence-corrected chi connectivity index (χ3v) is 3.80. The van der Waals surface area contributed by atoms with E-state index >= 15 is 0 Å². The van der Waals surface area contributed by atoms with Crippen molar-refractivity contribution in [3.8, 4) is 5.75 Å². The molecule has 0 spiro atoms. The maximum atomic E-state index is 12.8. The molecule has 0 saturated heterocycles. The third-order valence-electron chi connectivity index (χ3n) is 2.77. The summed E-state index contributed by atoms with van der Waals surface area (Å²) in [6.07, 6.45) is -0.140. The largest absolute Gasteiger partial charge is 0.478 e. The first-order valence-corrected chi connectivity index (χ1v) is 8.83. The van der Waals surface area contributed by atoms with E-state index in [0.717, 1.165) is 18.4 Å².